The number of ketones is 1. The van der Waals surface area contributed by atoms with Crippen LogP contribution in [0.5, 0.6) is 0 Å². The maximum absolute atomic E-state index is 15.8. The number of nitrogens with one attached hydrogen (secondary N) is 4. The maximum Gasteiger partial charge on any atom is 0.301 e. The number of hydrogen-bond acceptors (Lipinski definition) is 12. The van der Waals surface area contributed by atoms with Crippen molar-refractivity contribution in [2.45, 2.75) is 103 Å². The normalized spacial score (nSPS) is 20.4. The number of β-amino-alcohol motifs (C(OH)–C–C–N with tert-alkyl or cyclic N) is 1. The minimum absolute atomic E-state index is 0.00955. The lowest BCUT2D eigenvalue weighted by molar-refractivity contribution is -0.142. The number of carbonyl (C=O) groups excluding carboxylic acids is 3. The van der Waals surface area contributed by atoms with Crippen LogP contribution in [0.15, 0.2) is 96.9 Å². The van der Waals surface area contributed by atoms with Crippen molar-refractivity contribution in [1.29, 1.82) is 0 Å². The Bertz CT molecular complexity index is 3250. The van der Waals surface area contributed by atoms with E-state index >= 15 is 8.78 Å². The molecule has 3 aromatic carbocycles. The van der Waals surface area contributed by atoms with E-state index in [1.54, 1.807) is 28.5 Å². The molecule has 2 amide bonds. The van der Waals surface area contributed by atoms with E-state index in [0.29, 0.717) is 54.6 Å². The number of rotatable bonds is 19. The van der Waals surface area contributed by atoms with Crippen molar-refractivity contribution in [3.8, 4) is 21.6 Å². The molecule has 21 heteroatoms. The van der Waals surface area contributed by atoms with Crippen molar-refractivity contribution in [2.75, 3.05) is 38.0 Å². The number of carbonyl (C=O) groups is 3. The number of benzene rings is 3. The highest BCUT2D eigenvalue weighted by Gasteiger charge is 2.43. The average molecular weight is 1080 g/mol. The molecule has 402 valence electrons. The van der Waals surface area contributed by atoms with E-state index in [-0.39, 0.29) is 49.7 Å². The van der Waals surface area contributed by atoms with Crippen LogP contribution >= 0.6 is 11.3 Å². The number of fused-ring (bicyclic) bond motifs is 1. The zero-order valence-electron chi connectivity index (χ0n) is 42.9. The second-order valence-electron chi connectivity index (χ2n) is 21.1. The summed E-state index contributed by atoms with van der Waals surface area (Å²) in [6.07, 6.45) is 2.39. The van der Waals surface area contributed by atoms with E-state index in [1.165, 1.54) is 6.20 Å². The molecule has 0 bridgehead atoms. The predicted octanol–water partition coefficient (Wildman–Crippen LogP) is 7.65. The minimum Gasteiger partial charge on any atom is -0.391 e. The number of H-pyrrole nitrogens is 1. The number of hydrogen-bond donors (Lipinski definition) is 5. The summed E-state index contributed by atoms with van der Waals surface area (Å²) in [6, 6.07) is 18.2. The highest BCUT2D eigenvalue weighted by molar-refractivity contribution is 7.90. The number of halogens is 3. The number of aromatic nitrogens is 3. The zero-order valence-corrected chi connectivity index (χ0v) is 44.5. The van der Waals surface area contributed by atoms with E-state index in [4.69, 9.17) is 4.74 Å². The second-order valence-corrected chi connectivity index (χ2v) is 23.6. The lowest BCUT2D eigenvalue weighted by Gasteiger charge is -2.41. The lowest BCUT2D eigenvalue weighted by atomic mass is 9.85. The summed E-state index contributed by atoms with van der Waals surface area (Å²) in [7, 11) is -2.36. The summed E-state index contributed by atoms with van der Waals surface area (Å²) >= 11 is 1.60. The van der Waals surface area contributed by atoms with Gasteiger partial charge in [-0.3, -0.25) is 24.0 Å². The summed E-state index contributed by atoms with van der Waals surface area (Å²) in [4.78, 5) is 58.0. The van der Waals surface area contributed by atoms with E-state index in [1.807, 2.05) is 81.4 Å². The number of pyridine rings is 1. The van der Waals surface area contributed by atoms with Crippen LogP contribution in [0.1, 0.15) is 79.2 Å². The Morgan fingerprint density at radius 2 is 1.70 bits per heavy atom. The van der Waals surface area contributed by atoms with Crippen molar-refractivity contribution >= 4 is 55.9 Å². The third-order valence-electron chi connectivity index (χ3n) is 14.5. The fourth-order valence-electron chi connectivity index (χ4n) is 9.97. The number of likely N-dealkylation sites (tertiary alicyclic amines) is 1. The topological polar surface area (TPSA) is 202 Å². The molecule has 0 unspecified atom stereocenters. The lowest BCUT2D eigenvalue weighted by Crippen LogP contribution is -2.57. The molecule has 5 N–H and O–H groups in total. The number of amides is 2. The van der Waals surface area contributed by atoms with Gasteiger partial charge in [0.1, 0.15) is 30.3 Å². The third-order valence-corrected chi connectivity index (χ3v) is 17.0. The largest absolute Gasteiger partial charge is 0.391 e. The smallest absolute Gasteiger partial charge is 0.301 e. The first-order valence-corrected chi connectivity index (χ1v) is 27.5. The van der Waals surface area contributed by atoms with Gasteiger partial charge in [0.25, 0.3) is 0 Å². The Kier molecular flexibility index (Phi) is 15.9. The molecule has 5 heterocycles. The maximum atomic E-state index is 15.8. The molecule has 9 rings (SSSR count). The van der Waals surface area contributed by atoms with Gasteiger partial charge in [0.05, 0.1) is 45.6 Å². The molecule has 2 saturated heterocycles. The number of aliphatic hydroxyl groups is 1. The van der Waals surface area contributed by atoms with Gasteiger partial charge < -0.3 is 30.4 Å². The number of aryl methyl sites for hydroxylation is 1. The standard InChI is InChI=1S/C55H62F3N9O7S2/c1-31(59-23-33-7-13-36(14-8-33)51-32(2)62-30-75-51)46-22-40(68)28-67(46)54(71)52(55(3,4)5)63-47(69)29-74-41-20-39(21-41)65(6)26-34-9-11-35(12-10-34)37-19-42-43(25-61-53(42)60-24-37)50(70)48-44(57)15-16-45(49(48)58)64-76(72,73)66-18-17-38(56)27-66/h7-16,19,24-25,30,38-41,46,52,59,64,68H,1,17-18,20-23,26-29H2,2-6H3,(H,60,61)(H,63,69)/t38-,39?,40-,41?,46+,52-/m1/s1. The molecule has 1 saturated carbocycles. The SMILES string of the molecule is C=C(NCc1ccc(-c2scnc2C)cc1)[C@@H]1C[C@@H](O)CN1C(=O)[C@@H](NC(=O)COC1CC(N(C)Cc2ccc(-c3cnc4[nH]cc(C(=O)c5c(F)ccc(NS(=O)(=O)N6CC[C@@H](F)C6)c5F)c4c3)cc2)C1)C(C)(C)C. The van der Waals surface area contributed by atoms with Crippen LogP contribution in [0.4, 0.5) is 18.9 Å². The predicted molar refractivity (Wildman–Crippen MR) is 285 cm³/mol. The molecule has 2 aliphatic heterocycles. The third kappa shape index (κ3) is 11.9. The number of thiazole rings is 1. The zero-order chi connectivity index (χ0) is 54.2. The molecule has 3 aliphatic rings. The Labute approximate surface area is 443 Å². The summed E-state index contributed by atoms with van der Waals surface area (Å²) in [5.41, 5.74) is 5.96. The first-order valence-electron chi connectivity index (χ1n) is 25.2. The van der Waals surface area contributed by atoms with Crippen molar-refractivity contribution in [2.24, 2.45) is 5.41 Å². The minimum atomic E-state index is -4.38. The average Bonchev–Trinajstić information content (AvgIpc) is 4.21. The Hall–Kier alpha value is -6.49. The van der Waals surface area contributed by atoms with E-state index in [0.717, 1.165) is 49.3 Å². The molecule has 0 spiro atoms. The highest BCUT2D eigenvalue weighted by atomic mass is 32.2. The quantitative estimate of drug-likeness (QED) is 0.0499. The van der Waals surface area contributed by atoms with Crippen LogP contribution in [0.3, 0.4) is 0 Å². The van der Waals surface area contributed by atoms with E-state index < -0.39 is 81.1 Å². The molecule has 3 aromatic heterocycles. The van der Waals surface area contributed by atoms with Crippen LogP contribution in [0.2, 0.25) is 0 Å². The van der Waals surface area contributed by atoms with Gasteiger partial charge in [-0.05, 0) is 79.1 Å². The molecule has 0 radical (unpaired) electrons. The van der Waals surface area contributed by atoms with Crippen molar-refractivity contribution < 1.29 is 45.8 Å². The van der Waals surface area contributed by atoms with Gasteiger partial charge in [0.15, 0.2) is 5.82 Å². The summed E-state index contributed by atoms with van der Waals surface area (Å²) in [5.74, 6) is -4.32. The highest BCUT2D eigenvalue weighted by Crippen LogP contribution is 2.34. The van der Waals surface area contributed by atoms with Crippen LogP contribution < -0.4 is 15.4 Å². The molecule has 16 nitrogen and oxygen atoms in total. The van der Waals surface area contributed by atoms with Gasteiger partial charge in [-0.15, -0.1) is 11.3 Å². The fraction of sp³-hybridized carbons (Fsp3) is 0.400. The van der Waals surface area contributed by atoms with E-state index in [2.05, 4.69) is 49.2 Å². The number of aliphatic hydroxyl groups excluding tert-OH is 1. The Morgan fingerprint density at radius 3 is 2.37 bits per heavy atom. The van der Waals surface area contributed by atoms with Gasteiger partial charge in [0.2, 0.25) is 17.6 Å². The number of alkyl halides is 1. The molecular formula is C55H62F3N9O7S2. The molecule has 6 aromatic rings. The van der Waals surface area contributed by atoms with Crippen LogP contribution in [0, 0.1) is 24.0 Å². The van der Waals surface area contributed by atoms with Crippen LogP contribution in [-0.2, 0) is 37.6 Å². The molecule has 76 heavy (non-hydrogen) atoms. The number of anilines is 1. The summed E-state index contributed by atoms with van der Waals surface area (Å²) in [6.45, 7) is 12.4. The van der Waals surface area contributed by atoms with Crippen LogP contribution in [0.25, 0.3) is 32.6 Å². The number of aromatic amines is 1. The first kappa shape index (κ1) is 54.3. The van der Waals surface area contributed by atoms with Gasteiger partial charge in [-0.2, -0.15) is 12.7 Å². The molecule has 4 atom stereocenters. The molecule has 1 aliphatic carbocycles. The van der Waals surface area contributed by atoms with Crippen molar-refractivity contribution in [3.63, 3.8) is 0 Å². The van der Waals surface area contributed by atoms with Gasteiger partial charge in [-0.1, -0.05) is 75.9 Å². The van der Waals surface area contributed by atoms with E-state index in [9.17, 15) is 32.3 Å². The summed E-state index contributed by atoms with van der Waals surface area (Å²) < 4.78 is 79.3. The molecular weight excluding hydrogens is 1020 g/mol. The molecule has 3 fully saturated rings. The number of nitrogens with zero attached hydrogens (tertiary/aromatic N) is 5. The summed E-state index contributed by atoms with van der Waals surface area (Å²) in [5, 5.41) is 17.4. The fourth-order valence-corrected chi connectivity index (χ4v) is 12.1. The first-order chi connectivity index (χ1) is 36.1. The van der Waals surface area contributed by atoms with Gasteiger partial charge >= 0.3 is 10.2 Å². The van der Waals surface area contributed by atoms with Crippen LogP contribution in [-0.4, -0.2) is 130 Å². The Balaban J connectivity index is 0.751. The van der Waals surface area contributed by atoms with Gasteiger partial charge in [-0.25, -0.2) is 23.1 Å². The number of ether oxygens (including phenoxy) is 1. The van der Waals surface area contributed by atoms with Gasteiger partial charge in [0, 0.05) is 79.8 Å². The van der Waals surface area contributed by atoms with Crippen molar-refractivity contribution in [3.05, 3.63) is 136 Å². The second kappa shape index (κ2) is 22.2. The monoisotopic (exact) mass is 1080 g/mol. The van der Waals surface area contributed by atoms with Crippen molar-refractivity contribution in [1.82, 2.24) is 39.7 Å². The Morgan fingerprint density at radius 1 is 0.987 bits per heavy atom.